The van der Waals surface area contributed by atoms with Crippen LogP contribution in [0.5, 0.6) is 0 Å². The van der Waals surface area contributed by atoms with E-state index in [0.717, 1.165) is 12.8 Å². The molecule has 118 valence electrons. The van der Waals surface area contributed by atoms with Crippen molar-refractivity contribution in [2.45, 2.75) is 37.3 Å². The van der Waals surface area contributed by atoms with Gasteiger partial charge >= 0.3 is 0 Å². The van der Waals surface area contributed by atoms with Crippen LogP contribution in [0.15, 0.2) is 23.1 Å². The van der Waals surface area contributed by atoms with E-state index in [-0.39, 0.29) is 23.1 Å². The number of likely N-dealkylation sites (N-methyl/N-ethyl adjacent to an activating group) is 1. The topological polar surface area (TPSA) is 72.6 Å². The molecule has 1 atom stereocenters. The standard InChI is InChI=1S/C14H21FN2O3S/c1-2-17(10-11-5-4-8-20-11)21(18,19)14-7-3-6-13(15)12(14)9-16/h3,6-7,11H,2,4-5,8-10,16H2,1H3. The average Bonchev–Trinajstić information content (AvgIpc) is 2.97. The number of nitrogens with zero attached hydrogens (tertiary/aromatic N) is 1. The Morgan fingerprint density at radius 3 is 2.81 bits per heavy atom. The SMILES string of the molecule is CCN(CC1CCCO1)S(=O)(=O)c1cccc(F)c1CN. The molecule has 0 bridgehead atoms. The van der Waals surface area contributed by atoms with E-state index in [1.54, 1.807) is 6.92 Å². The zero-order valence-corrected chi connectivity index (χ0v) is 12.9. The van der Waals surface area contributed by atoms with Gasteiger partial charge in [-0.2, -0.15) is 4.31 Å². The summed E-state index contributed by atoms with van der Waals surface area (Å²) in [5.74, 6) is -0.591. The minimum Gasteiger partial charge on any atom is -0.377 e. The number of hydrogen-bond donors (Lipinski definition) is 1. The van der Waals surface area contributed by atoms with Crippen LogP contribution < -0.4 is 5.73 Å². The largest absolute Gasteiger partial charge is 0.377 e. The highest BCUT2D eigenvalue weighted by Gasteiger charge is 2.30. The van der Waals surface area contributed by atoms with Crippen molar-refractivity contribution in [3.05, 3.63) is 29.6 Å². The first-order chi connectivity index (χ1) is 10.0. The van der Waals surface area contributed by atoms with Gasteiger partial charge in [0.1, 0.15) is 5.82 Å². The first-order valence-electron chi connectivity index (χ1n) is 7.10. The van der Waals surface area contributed by atoms with Gasteiger partial charge in [0.25, 0.3) is 0 Å². The van der Waals surface area contributed by atoms with Gasteiger partial charge in [-0.25, -0.2) is 12.8 Å². The number of hydrogen-bond acceptors (Lipinski definition) is 4. The summed E-state index contributed by atoms with van der Waals surface area (Å²) in [4.78, 5) is -0.0511. The maximum Gasteiger partial charge on any atom is 0.243 e. The summed E-state index contributed by atoms with van der Waals surface area (Å²) in [5.41, 5.74) is 5.54. The maximum absolute atomic E-state index is 13.8. The summed E-state index contributed by atoms with van der Waals surface area (Å²) in [6.07, 6.45) is 1.70. The quantitative estimate of drug-likeness (QED) is 0.863. The fourth-order valence-electron chi connectivity index (χ4n) is 2.53. The Hall–Kier alpha value is -1.02. The van der Waals surface area contributed by atoms with Crippen molar-refractivity contribution in [2.75, 3.05) is 19.7 Å². The Balaban J connectivity index is 2.32. The lowest BCUT2D eigenvalue weighted by Crippen LogP contribution is -2.37. The molecule has 1 saturated heterocycles. The number of ether oxygens (including phenoxy) is 1. The molecular weight excluding hydrogens is 295 g/mol. The van der Waals surface area contributed by atoms with Gasteiger partial charge in [0, 0.05) is 31.8 Å². The zero-order valence-electron chi connectivity index (χ0n) is 12.1. The maximum atomic E-state index is 13.8. The summed E-state index contributed by atoms with van der Waals surface area (Å²) >= 11 is 0. The van der Waals surface area contributed by atoms with Crippen molar-refractivity contribution >= 4 is 10.0 Å². The molecule has 5 nitrogen and oxygen atoms in total. The van der Waals surface area contributed by atoms with E-state index in [1.165, 1.54) is 22.5 Å². The lowest BCUT2D eigenvalue weighted by molar-refractivity contribution is 0.0946. The Kier molecular flexibility index (Phi) is 5.32. The number of rotatable bonds is 6. The van der Waals surface area contributed by atoms with E-state index in [0.29, 0.717) is 19.7 Å². The van der Waals surface area contributed by atoms with Gasteiger partial charge < -0.3 is 10.5 Å². The third-order valence-corrected chi connectivity index (χ3v) is 5.71. The molecule has 0 saturated carbocycles. The molecule has 0 aromatic heterocycles. The molecule has 1 aromatic rings. The van der Waals surface area contributed by atoms with Crippen molar-refractivity contribution < 1.29 is 17.5 Å². The van der Waals surface area contributed by atoms with Crippen LogP contribution in [0.2, 0.25) is 0 Å². The molecule has 7 heteroatoms. The second kappa shape index (κ2) is 6.83. The molecular formula is C14H21FN2O3S. The molecule has 1 heterocycles. The predicted molar refractivity (Wildman–Crippen MR) is 77.7 cm³/mol. The fourth-order valence-corrected chi connectivity index (χ4v) is 4.25. The highest BCUT2D eigenvalue weighted by atomic mass is 32.2. The molecule has 0 spiro atoms. The fraction of sp³-hybridized carbons (Fsp3) is 0.571. The molecule has 1 aliphatic rings. The van der Waals surface area contributed by atoms with E-state index < -0.39 is 15.8 Å². The molecule has 0 aliphatic carbocycles. The summed E-state index contributed by atoms with van der Waals surface area (Å²) < 4.78 is 46.0. The summed E-state index contributed by atoms with van der Waals surface area (Å²) in [7, 11) is -3.77. The van der Waals surface area contributed by atoms with Crippen LogP contribution in [-0.4, -0.2) is 38.5 Å². The van der Waals surface area contributed by atoms with E-state index >= 15 is 0 Å². The Morgan fingerprint density at radius 2 is 2.24 bits per heavy atom. The molecule has 1 aromatic carbocycles. The molecule has 2 N–H and O–H groups in total. The molecule has 0 radical (unpaired) electrons. The van der Waals surface area contributed by atoms with Gasteiger partial charge in [-0.15, -0.1) is 0 Å². The molecule has 2 rings (SSSR count). The van der Waals surface area contributed by atoms with Crippen LogP contribution in [-0.2, 0) is 21.3 Å². The normalized spacial score (nSPS) is 19.3. The van der Waals surface area contributed by atoms with Crippen LogP contribution >= 0.6 is 0 Å². The average molecular weight is 316 g/mol. The highest BCUT2D eigenvalue weighted by Crippen LogP contribution is 2.24. The predicted octanol–water partition coefficient (Wildman–Crippen LogP) is 1.47. The van der Waals surface area contributed by atoms with E-state index in [4.69, 9.17) is 10.5 Å². The zero-order chi connectivity index (χ0) is 15.5. The summed E-state index contributed by atoms with van der Waals surface area (Å²) in [6.45, 7) is 2.87. The van der Waals surface area contributed by atoms with Gasteiger partial charge in [0.2, 0.25) is 10.0 Å². The van der Waals surface area contributed by atoms with Crippen LogP contribution in [0.4, 0.5) is 4.39 Å². The van der Waals surface area contributed by atoms with Crippen LogP contribution in [0, 0.1) is 5.82 Å². The summed E-state index contributed by atoms with van der Waals surface area (Å²) in [5, 5.41) is 0. The van der Waals surface area contributed by atoms with E-state index in [2.05, 4.69) is 0 Å². The Bertz CT molecular complexity index is 586. The molecule has 0 amide bonds. The van der Waals surface area contributed by atoms with E-state index in [1.807, 2.05) is 0 Å². The first-order valence-corrected chi connectivity index (χ1v) is 8.54. The van der Waals surface area contributed by atoms with Crippen molar-refractivity contribution in [2.24, 2.45) is 5.73 Å². The van der Waals surface area contributed by atoms with E-state index in [9.17, 15) is 12.8 Å². The first kappa shape index (κ1) is 16.4. The van der Waals surface area contributed by atoms with Gasteiger partial charge in [0.15, 0.2) is 0 Å². The Labute approximate surface area is 124 Å². The second-order valence-electron chi connectivity index (χ2n) is 5.01. The molecule has 1 unspecified atom stereocenters. The summed E-state index contributed by atoms with van der Waals surface area (Å²) in [6, 6.07) is 4.01. The highest BCUT2D eigenvalue weighted by molar-refractivity contribution is 7.89. The lowest BCUT2D eigenvalue weighted by Gasteiger charge is -2.24. The number of nitrogens with two attached hydrogens (primary N) is 1. The third kappa shape index (κ3) is 3.42. The van der Waals surface area contributed by atoms with Crippen molar-refractivity contribution in [1.82, 2.24) is 4.31 Å². The van der Waals surface area contributed by atoms with Gasteiger partial charge in [-0.3, -0.25) is 0 Å². The van der Waals surface area contributed by atoms with Crippen LogP contribution in [0.25, 0.3) is 0 Å². The lowest BCUT2D eigenvalue weighted by atomic mass is 10.2. The second-order valence-corrected chi connectivity index (χ2v) is 6.92. The van der Waals surface area contributed by atoms with Crippen LogP contribution in [0.1, 0.15) is 25.3 Å². The third-order valence-electron chi connectivity index (χ3n) is 3.68. The van der Waals surface area contributed by atoms with Crippen molar-refractivity contribution in [3.63, 3.8) is 0 Å². The molecule has 1 fully saturated rings. The number of halogens is 1. The van der Waals surface area contributed by atoms with Crippen molar-refractivity contribution in [3.8, 4) is 0 Å². The van der Waals surface area contributed by atoms with Gasteiger partial charge in [-0.1, -0.05) is 13.0 Å². The van der Waals surface area contributed by atoms with Crippen molar-refractivity contribution in [1.29, 1.82) is 0 Å². The Morgan fingerprint density at radius 1 is 1.48 bits per heavy atom. The minimum absolute atomic E-state index is 0.0308. The smallest absolute Gasteiger partial charge is 0.243 e. The van der Waals surface area contributed by atoms with Gasteiger partial charge in [0.05, 0.1) is 11.0 Å². The molecule has 1 aliphatic heterocycles. The molecule has 21 heavy (non-hydrogen) atoms. The monoisotopic (exact) mass is 316 g/mol. The van der Waals surface area contributed by atoms with Crippen LogP contribution in [0.3, 0.4) is 0 Å². The minimum atomic E-state index is -3.77. The number of benzene rings is 1. The van der Waals surface area contributed by atoms with Gasteiger partial charge in [-0.05, 0) is 25.0 Å². The number of sulfonamides is 1.